The predicted octanol–water partition coefficient (Wildman–Crippen LogP) is 0.280. The molecule has 1 aliphatic rings. The summed E-state index contributed by atoms with van der Waals surface area (Å²) in [4.78, 5) is 61.0. The zero-order chi connectivity index (χ0) is 23.7. The molecule has 0 radical (unpaired) electrons. The number of carbonyl (C=O) groups is 5. The molecule has 1 aromatic rings. The summed E-state index contributed by atoms with van der Waals surface area (Å²) in [6, 6.07) is 8.17. The molecule has 10 heteroatoms. The predicted molar refractivity (Wildman–Crippen MR) is 115 cm³/mol. The van der Waals surface area contributed by atoms with E-state index in [1.54, 1.807) is 20.8 Å². The number of imide groups is 1. The molecule has 1 heterocycles. The van der Waals surface area contributed by atoms with E-state index in [0.717, 1.165) is 10.5 Å². The van der Waals surface area contributed by atoms with E-state index in [4.69, 9.17) is 4.74 Å². The Bertz CT molecular complexity index is 873. The van der Waals surface area contributed by atoms with E-state index in [-0.39, 0.29) is 26.1 Å². The molecule has 0 fully saturated rings. The highest BCUT2D eigenvalue weighted by molar-refractivity contribution is 6.12. The Morgan fingerprint density at radius 3 is 2.22 bits per heavy atom. The van der Waals surface area contributed by atoms with Crippen molar-refractivity contribution in [3.05, 3.63) is 48.0 Å². The van der Waals surface area contributed by atoms with Crippen LogP contribution < -0.4 is 16.0 Å². The Labute approximate surface area is 186 Å². The largest absolute Gasteiger partial charge is 0.444 e. The van der Waals surface area contributed by atoms with Crippen molar-refractivity contribution in [2.45, 2.75) is 38.8 Å². The van der Waals surface area contributed by atoms with Gasteiger partial charge in [0.05, 0.1) is 0 Å². The maximum absolute atomic E-state index is 12.7. The molecule has 0 bridgehead atoms. The summed E-state index contributed by atoms with van der Waals surface area (Å²) in [6.07, 6.45) is 1.80. The van der Waals surface area contributed by atoms with Gasteiger partial charge in [0, 0.05) is 31.7 Å². The quantitative estimate of drug-likeness (QED) is 0.469. The van der Waals surface area contributed by atoms with Crippen LogP contribution >= 0.6 is 0 Å². The van der Waals surface area contributed by atoms with Crippen LogP contribution in [0, 0.1) is 0 Å². The number of nitrogens with zero attached hydrogens (tertiary/aromatic N) is 1. The fourth-order valence-corrected chi connectivity index (χ4v) is 2.84. The minimum Gasteiger partial charge on any atom is -0.444 e. The average Bonchev–Trinajstić information content (AvgIpc) is 3.03. The van der Waals surface area contributed by atoms with Gasteiger partial charge in [-0.25, -0.2) is 4.79 Å². The smallest absolute Gasteiger partial charge is 0.408 e. The summed E-state index contributed by atoms with van der Waals surface area (Å²) in [5.74, 6) is -1.93. The Morgan fingerprint density at radius 2 is 1.62 bits per heavy atom. The molecule has 32 heavy (non-hydrogen) atoms. The Hall–Kier alpha value is -3.69. The summed E-state index contributed by atoms with van der Waals surface area (Å²) in [5, 5.41) is 7.57. The molecule has 0 saturated carbocycles. The summed E-state index contributed by atoms with van der Waals surface area (Å²) in [5.41, 5.74) is 0.117. The molecule has 1 unspecified atom stereocenters. The normalized spacial score (nSPS) is 14.2. The minimum absolute atomic E-state index is 0.0165. The maximum atomic E-state index is 12.7. The van der Waals surface area contributed by atoms with E-state index in [1.165, 1.54) is 12.2 Å². The van der Waals surface area contributed by atoms with Crippen LogP contribution in [0.5, 0.6) is 0 Å². The molecule has 0 aromatic heterocycles. The summed E-state index contributed by atoms with van der Waals surface area (Å²) in [6.45, 7) is 4.79. The molecule has 0 saturated heterocycles. The van der Waals surface area contributed by atoms with E-state index in [9.17, 15) is 24.0 Å². The monoisotopic (exact) mass is 444 g/mol. The molecule has 1 aliphatic heterocycles. The van der Waals surface area contributed by atoms with E-state index < -0.39 is 41.4 Å². The highest BCUT2D eigenvalue weighted by Crippen LogP contribution is 2.07. The van der Waals surface area contributed by atoms with Crippen LogP contribution in [0.25, 0.3) is 0 Å². The van der Waals surface area contributed by atoms with E-state index in [1.807, 2.05) is 30.3 Å². The fraction of sp³-hybridized carbons (Fsp3) is 0.409. The zero-order valence-corrected chi connectivity index (χ0v) is 18.3. The van der Waals surface area contributed by atoms with Crippen molar-refractivity contribution in [3.8, 4) is 0 Å². The summed E-state index contributed by atoms with van der Waals surface area (Å²) >= 11 is 0. The second-order valence-corrected chi connectivity index (χ2v) is 8.12. The minimum atomic E-state index is -0.923. The number of amides is 5. The van der Waals surface area contributed by atoms with Crippen LogP contribution in [0.1, 0.15) is 26.3 Å². The number of ether oxygens (including phenoxy) is 1. The molecule has 172 valence electrons. The molecular formula is C22H28N4O6. The number of hydrogen-bond acceptors (Lipinski definition) is 6. The number of rotatable bonds is 9. The van der Waals surface area contributed by atoms with Crippen LogP contribution in [0.2, 0.25) is 0 Å². The molecule has 0 aliphatic carbocycles. The Balaban J connectivity index is 1.92. The first kappa shape index (κ1) is 24.6. The highest BCUT2D eigenvalue weighted by Gasteiger charge is 2.25. The first-order chi connectivity index (χ1) is 15.0. The lowest BCUT2D eigenvalue weighted by molar-refractivity contribution is -0.137. The third kappa shape index (κ3) is 8.21. The van der Waals surface area contributed by atoms with Crippen LogP contribution in [0.4, 0.5) is 4.79 Å². The molecule has 10 nitrogen and oxygen atoms in total. The number of benzene rings is 1. The fourth-order valence-electron chi connectivity index (χ4n) is 2.84. The number of hydrogen-bond donors (Lipinski definition) is 3. The SMILES string of the molecule is CC(C)(C)OC(=O)NCC(=O)NC(Cc1ccccc1)C(=O)NCCN1C(=O)C=CC1=O. The third-order valence-corrected chi connectivity index (χ3v) is 4.26. The van der Waals surface area contributed by atoms with Gasteiger partial charge in [-0.05, 0) is 26.3 Å². The topological polar surface area (TPSA) is 134 Å². The second kappa shape index (κ2) is 11.1. The van der Waals surface area contributed by atoms with Crippen molar-refractivity contribution >= 4 is 29.7 Å². The van der Waals surface area contributed by atoms with Gasteiger partial charge in [-0.1, -0.05) is 30.3 Å². The second-order valence-electron chi connectivity index (χ2n) is 8.12. The van der Waals surface area contributed by atoms with Crippen LogP contribution in [-0.2, 0) is 30.3 Å². The standard InChI is InChI=1S/C22H28N4O6/c1-22(2,3)32-21(31)24-14-17(27)25-16(13-15-7-5-4-6-8-15)20(30)23-11-12-26-18(28)9-10-19(26)29/h4-10,16H,11-14H2,1-3H3,(H,23,30)(H,24,31)(H,25,27). The van der Waals surface area contributed by atoms with Crippen molar-refractivity contribution in [2.24, 2.45) is 0 Å². The van der Waals surface area contributed by atoms with Gasteiger partial charge in [0.1, 0.15) is 18.2 Å². The lowest BCUT2D eigenvalue weighted by atomic mass is 10.1. The van der Waals surface area contributed by atoms with Crippen molar-refractivity contribution < 1.29 is 28.7 Å². The number of alkyl carbamates (subject to hydrolysis) is 1. The first-order valence-electron chi connectivity index (χ1n) is 10.2. The van der Waals surface area contributed by atoms with Crippen molar-refractivity contribution in [3.63, 3.8) is 0 Å². The van der Waals surface area contributed by atoms with Gasteiger partial charge < -0.3 is 20.7 Å². The highest BCUT2D eigenvalue weighted by atomic mass is 16.6. The molecule has 1 aromatic carbocycles. The van der Waals surface area contributed by atoms with Crippen molar-refractivity contribution in [1.29, 1.82) is 0 Å². The van der Waals surface area contributed by atoms with Gasteiger partial charge in [-0.15, -0.1) is 0 Å². The summed E-state index contributed by atoms with van der Waals surface area (Å²) in [7, 11) is 0. The lowest BCUT2D eigenvalue weighted by Gasteiger charge is -2.21. The van der Waals surface area contributed by atoms with Crippen LogP contribution in [0.15, 0.2) is 42.5 Å². The third-order valence-electron chi connectivity index (χ3n) is 4.26. The van der Waals surface area contributed by atoms with E-state index in [2.05, 4.69) is 16.0 Å². The van der Waals surface area contributed by atoms with Gasteiger partial charge in [0.15, 0.2) is 0 Å². The Morgan fingerprint density at radius 1 is 1.00 bits per heavy atom. The van der Waals surface area contributed by atoms with Gasteiger partial charge in [-0.3, -0.25) is 24.1 Å². The molecule has 5 amide bonds. The molecule has 1 atom stereocenters. The van der Waals surface area contributed by atoms with Gasteiger partial charge >= 0.3 is 6.09 Å². The summed E-state index contributed by atoms with van der Waals surface area (Å²) < 4.78 is 5.08. The molecule has 3 N–H and O–H groups in total. The maximum Gasteiger partial charge on any atom is 0.408 e. The lowest BCUT2D eigenvalue weighted by Crippen LogP contribution is -2.51. The van der Waals surface area contributed by atoms with Crippen molar-refractivity contribution in [2.75, 3.05) is 19.6 Å². The molecule has 0 spiro atoms. The van der Waals surface area contributed by atoms with E-state index >= 15 is 0 Å². The van der Waals surface area contributed by atoms with Gasteiger partial charge in [-0.2, -0.15) is 0 Å². The first-order valence-corrected chi connectivity index (χ1v) is 10.2. The molecule has 2 rings (SSSR count). The Kier molecular flexibility index (Phi) is 8.51. The van der Waals surface area contributed by atoms with Crippen molar-refractivity contribution in [1.82, 2.24) is 20.9 Å². The molecular weight excluding hydrogens is 416 g/mol. The van der Waals surface area contributed by atoms with Gasteiger partial charge in [0.25, 0.3) is 11.8 Å². The average molecular weight is 444 g/mol. The van der Waals surface area contributed by atoms with Gasteiger partial charge in [0.2, 0.25) is 11.8 Å². The zero-order valence-electron chi connectivity index (χ0n) is 18.3. The van der Waals surface area contributed by atoms with Crippen LogP contribution in [0.3, 0.4) is 0 Å². The number of carbonyl (C=O) groups excluding carboxylic acids is 5. The van der Waals surface area contributed by atoms with E-state index in [0.29, 0.717) is 0 Å². The van der Waals surface area contributed by atoms with Crippen LogP contribution in [-0.4, -0.2) is 65.9 Å². The number of nitrogens with one attached hydrogen (secondary N) is 3.